The zero-order valence-electron chi connectivity index (χ0n) is 18.9. The summed E-state index contributed by atoms with van der Waals surface area (Å²) in [6, 6.07) is 19.8. The van der Waals surface area contributed by atoms with E-state index in [1.807, 2.05) is 69.3 Å². The van der Waals surface area contributed by atoms with Crippen LogP contribution in [0, 0.1) is 0 Å². The first-order chi connectivity index (χ1) is 15.7. The third kappa shape index (κ3) is 5.18. The minimum Gasteiger partial charge on any atom is -0.505 e. The van der Waals surface area contributed by atoms with Crippen LogP contribution in [-0.2, 0) is 16.6 Å². The number of rotatable bonds is 6. The molecule has 33 heavy (non-hydrogen) atoms. The van der Waals surface area contributed by atoms with Crippen molar-refractivity contribution >= 4 is 28.7 Å². The molecule has 4 rings (SSSR count). The number of benzene rings is 3. The minimum atomic E-state index is -0.308. The van der Waals surface area contributed by atoms with Crippen molar-refractivity contribution < 1.29 is 9.90 Å². The topological polar surface area (TPSA) is 106 Å². The number of hydrogen-bond acceptors (Lipinski definition) is 6. The van der Waals surface area contributed by atoms with E-state index in [0.29, 0.717) is 12.1 Å². The molecule has 4 aromatic rings. The van der Waals surface area contributed by atoms with Gasteiger partial charge in [0, 0.05) is 21.8 Å². The van der Waals surface area contributed by atoms with Crippen molar-refractivity contribution in [2.45, 2.75) is 48.8 Å². The Morgan fingerprint density at radius 1 is 1.03 bits per heavy atom. The van der Waals surface area contributed by atoms with E-state index >= 15 is 0 Å². The molecule has 1 aromatic heterocycles. The van der Waals surface area contributed by atoms with Gasteiger partial charge >= 0.3 is 0 Å². The number of aromatic nitrogens is 3. The second kappa shape index (κ2) is 9.25. The van der Waals surface area contributed by atoms with Gasteiger partial charge in [0.2, 0.25) is 5.91 Å². The van der Waals surface area contributed by atoms with Crippen LogP contribution in [0.3, 0.4) is 0 Å². The molecule has 0 unspecified atom stereocenters. The van der Waals surface area contributed by atoms with Gasteiger partial charge in [0.05, 0.1) is 0 Å². The average Bonchev–Trinajstić information content (AvgIpc) is 3.21. The summed E-state index contributed by atoms with van der Waals surface area (Å²) in [5.41, 5.74) is 5.47. The number of nitrogens with zero attached hydrogens (tertiary/aromatic N) is 3. The largest absolute Gasteiger partial charge is 0.505 e. The molecule has 170 valence electrons. The van der Waals surface area contributed by atoms with Crippen molar-refractivity contribution in [1.82, 2.24) is 20.4 Å². The van der Waals surface area contributed by atoms with Crippen LogP contribution in [-0.4, -0.2) is 26.0 Å². The lowest BCUT2D eigenvalue weighted by Crippen LogP contribution is -2.30. The van der Waals surface area contributed by atoms with Crippen LogP contribution in [0.5, 0.6) is 5.75 Å². The van der Waals surface area contributed by atoms with Crippen LogP contribution >= 0.6 is 11.8 Å². The van der Waals surface area contributed by atoms with Gasteiger partial charge in [-0.15, -0.1) is 15.0 Å². The third-order valence-corrected chi connectivity index (χ3v) is 6.30. The molecule has 0 fully saturated rings. The number of fused-ring (bicyclic) bond motifs is 1. The highest BCUT2D eigenvalue weighted by molar-refractivity contribution is 7.99. The van der Waals surface area contributed by atoms with E-state index in [0.717, 1.165) is 32.0 Å². The Bertz CT molecular complexity index is 1300. The van der Waals surface area contributed by atoms with Crippen molar-refractivity contribution in [2.24, 2.45) is 5.84 Å². The van der Waals surface area contributed by atoms with Gasteiger partial charge in [0.25, 0.3) is 0 Å². The summed E-state index contributed by atoms with van der Waals surface area (Å²) in [6.45, 7) is 6.09. The van der Waals surface area contributed by atoms with Gasteiger partial charge in [-0.05, 0) is 53.8 Å². The number of nitrogens with two attached hydrogens (primary N) is 1. The normalized spacial score (nSPS) is 11.6. The number of aryl methyl sites for hydroxylation is 1. The summed E-state index contributed by atoms with van der Waals surface area (Å²) in [5.74, 6) is 5.11. The molecule has 0 aliphatic heterocycles. The zero-order valence-corrected chi connectivity index (χ0v) is 19.7. The van der Waals surface area contributed by atoms with E-state index in [4.69, 9.17) is 5.84 Å². The van der Waals surface area contributed by atoms with Crippen molar-refractivity contribution in [3.63, 3.8) is 0 Å². The molecule has 3 aromatic carbocycles. The predicted molar refractivity (Wildman–Crippen MR) is 130 cm³/mol. The number of aromatic hydroxyl groups is 1. The Morgan fingerprint density at radius 2 is 1.76 bits per heavy atom. The predicted octanol–water partition coefficient (Wildman–Crippen LogP) is 4.50. The van der Waals surface area contributed by atoms with Gasteiger partial charge in [0.15, 0.2) is 0 Å². The summed E-state index contributed by atoms with van der Waals surface area (Å²) < 4.78 is 0. The van der Waals surface area contributed by atoms with E-state index in [-0.39, 0.29) is 23.5 Å². The maximum Gasteiger partial charge on any atom is 0.234 e. The highest BCUT2D eigenvalue weighted by Crippen LogP contribution is 2.37. The molecular weight excluding hydrogens is 434 g/mol. The van der Waals surface area contributed by atoms with Crippen LogP contribution in [0.25, 0.3) is 16.7 Å². The van der Waals surface area contributed by atoms with Crippen molar-refractivity contribution in [3.05, 3.63) is 71.8 Å². The fraction of sp³-hybridized carbons (Fsp3) is 0.240. The number of nitrogens with one attached hydrogen (secondary N) is 1. The number of hydrazine groups is 1. The lowest BCUT2D eigenvalue weighted by molar-refractivity contribution is -0.121. The molecule has 0 spiro atoms. The number of phenolic OH excluding ortho intramolecular Hbond substituents is 1. The van der Waals surface area contributed by atoms with Gasteiger partial charge in [-0.3, -0.25) is 10.2 Å². The Hall–Kier alpha value is -3.36. The fourth-order valence-electron chi connectivity index (χ4n) is 3.57. The molecule has 0 saturated heterocycles. The quantitative estimate of drug-likeness (QED) is 0.222. The summed E-state index contributed by atoms with van der Waals surface area (Å²) in [5, 5.41) is 20.4. The van der Waals surface area contributed by atoms with Crippen LogP contribution < -0.4 is 11.3 Å². The molecular formula is C25H27N5O2S. The zero-order chi connectivity index (χ0) is 23.6. The summed E-state index contributed by atoms with van der Waals surface area (Å²) in [4.78, 5) is 15.3. The molecule has 0 atom stereocenters. The van der Waals surface area contributed by atoms with Gasteiger partial charge in [0.1, 0.15) is 22.5 Å². The lowest BCUT2D eigenvalue weighted by Gasteiger charge is -2.23. The van der Waals surface area contributed by atoms with E-state index in [9.17, 15) is 9.90 Å². The Kier molecular flexibility index (Phi) is 6.40. The third-order valence-electron chi connectivity index (χ3n) is 5.31. The number of carbonyl (C=O) groups is 1. The Morgan fingerprint density at radius 3 is 2.45 bits per heavy atom. The monoisotopic (exact) mass is 461 g/mol. The second-order valence-corrected chi connectivity index (χ2v) is 10.0. The number of phenols is 1. The fourth-order valence-corrected chi connectivity index (χ4v) is 4.44. The number of hydrogen-bond donors (Lipinski definition) is 3. The van der Waals surface area contributed by atoms with Crippen LogP contribution in [0.1, 0.15) is 38.3 Å². The van der Waals surface area contributed by atoms with Crippen LogP contribution in [0.4, 0.5) is 0 Å². The van der Waals surface area contributed by atoms with Crippen molar-refractivity contribution in [2.75, 3.05) is 0 Å². The van der Waals surface area contributed by atoms with E-state index in [2.05, 4.69) is 27.8 Å². The Balaban J connectivity index is 1.73. The first-order valence-electron chi connectivity index (χ1n) is 10.7. The van der Waals surface area contributed by atoms with Gasteiger partial charge in [-0.25, -0.2) is 5.84 Å². The van der Waals surface area contributed by atoms with Crippen LogP contribution in [0.2, 0.25) is 0 Å². The summed E-state index contributed by atoms with van der Waals surface area (Å²) in [7, 11) is 0. The van der Waals surface area contributed by atoms with E-state index < -0.39 is 0 Å². The average molecular weight is 462 g/mol. The van der Waals surface area contributed by atoms with Gasteiger partial charge in [-0.2, -0.15) is 0 Å². The van der Waals surface area contributed by atoms with E-state index in [1.54, 1.807) is 11.8 Å². The molecule has 0 aliphatic carbocycles. The summed E-state index contributed by atoms with van der Waals surface area (Å²) >= 11 is 1.66. The van der Waals surface area contributed by atoms with Crippen molar-refractivity contribution in [3.8, 4) is 11.4 Å². The Labute approximate surface area is 197 Å². The lowest BCUT2D eigenvalue weighted by atomic mass is 9.84. The van der Waals surface area contributed by atoms with Gasteiger partial charge in [-0.1, -0.05) is 56.8 Å². The second-order valence-electron chi connectivity index (χ2n) is 8.88. The SMILES string of the molecule is CC(C)(C)c1cc(CCC(=O)NN)cc(-n2nc3ccc(Sc4ccccc4)cc3n2)c1O. The molecule has 4 N–H and O–H groups in total. The highest BCUT2D eigenvalue weighted by atomic mass is 32.2. The first kappa shape index (κ1) is 22.8. The number of carbonyl (C=O) groups excluding carboxylic acids is 1. The van der Waals surface area contributed by atoms with Crippen LogP contribution in [0.15, 0.2) is 70.5 Å². The maximum atomic E-state index is 11.7. The minimum absolute atomic E-state index is 0.133. The number of amides is 1. The maximum absolute atomic E-state index is 11.7. The molecule has 0 radical (unpaired) electrons. The standard InChI is InChI=1S/C25H27N5O2S/c1-25(2,3)19-13-16(9-12-23(31)27-26)14-22(24(19)32)30-28-20-11-10-18(15-21(20)29-30)33-17-7-5-4-6-8-17/h4-8,10-11,13-15,32H,9,12,26H2,1-3H3,(H,27,31). The molecule has 8 heteroatoms. The summed E-state index contributed by atoms with van der Waals surface area (Å²) in [6.07, 6.45) is 0.733. The first-order valence-corrected chi connectivity index (χ1v) is 11.5. The molecule has 1 heterocycles. The molecule has 0 aliphatic rings. The molecule has 0 saturated carbocycles. The molecule has 7 nitrogen and oxygen atoms in total. The van der Waals surface area contributed by atoms with E-state index in [1.165, 1.54) is 4.80 Å². The highest BCUT2D eigenvalue weighted by Gasteiger charge is 2.23. The molecule has 1 amide bonds. The molecule has 0 bridgehead atoms. The van der Waals surface area contributed by atoms with Crippen molar-refractivity contribution in [1.29, 1.82) is 0 Å². The smallest absolute Gasteiger partial charge is 0.234 e. The van der Waals surface area contributed by atoms with Gasteiger partial charge < -0.3 is 5.11 Å².